The molecule has 1 aromatic heterocycles. The van der Waals surface area contributed by atoms with Gasteiger partial charge in [-0.05, 0) is 31.4 Å². The molecule has 2 heterocycles. The van der Waals surface area contributed by atoms with Gasteiger partial charge in [-0.15, -0.1) is 0 Å². The van der Waals surface area contributed by atoms with Gasteiger partial charge in [0.05, 0.1) is 22.4 Å². The van der Waals surface area contributed by atoms with Crippen LogP contribution in [-0.4, -0.2) is 40.5 Å². The number of para-hydroxylation sites is 1. The van der Waals surface area contributed by atoms with E-state index in [0.717, 1.165) is 30.2 Å². The Kier molecular flexibility index (Phi) is 3.43. The highest BCUT2D eigenvalue weighted by Gasteiger charge is 2.30. The molecule has 0 spiro atoms. The number of benzene rings is 1. The quantitative estimate of drug-likeness (QED) is 0.882. The van der Waals surface area contributed by atoms with Crippen molar-refractivity contribution in [3.8, 4) is 0 Å². The lowest BCUT2D eigenvalue weighted by Crippen LogP contribution is -2.34. The first-order valence-electron chi connectivity index (χ1n) is 6.64. The van der Waals surface area contributed by atoms with Crippen LogP contribution >= 0.6 is 11.3 Å². The highest BCUT2D eigenvalue weighted by atomic mass is 32.1. The molecule has 1 aliphatic rings. The van der Waals surface area contributed by atoms with E-state index < -0.39 is 5.60 Å². The fourth-order valence-electron chi connectivity index (χ4n) is 2.52. The first kappa shape index (κ1) is 12.8. The third-order valence-electron chi connectivity index (χ3n) is 3.76. The topological polar surface area (TPSA) is 56.6 Å². The van der Waals surface area contributed by atoms with Crippen LogP contribution in [0.5, 0.6) is 0 Å². The average Bonchev–Trinajstić information content (AvgIpc) is 2.76. The Hall–Kier alpha value is -1.17. The lowest BCUT2D eigenvalue weighted by Gasteiger charge is -2.24. The van der Waals surface area contributed by atoms with E-state index in [1.54, 1.807) is 11.3 Å². The third kappa shape index (κ3) is 2.59. The molecule has 0 unspecified atom stereocenters. The maximum absolute atomic E-state index is 10.2. The summed E-state index contributed by atoms with van der Waals surface area (Å²) in [5.74, 6) is 0. The number of fused-ring (bicyclic) bond motifs is 1. The minimum absolute atomic E-state index is 0.152. The van der Waals surface area contributed by atoms with Gasteiger partial charge in [-0.3, -0.25) is 0 Å². The minimum atomic E-state index is -0.911. The van der Waals surface area contributed by atoms with Crippen LogP contribution in [0.1, 0.15) is 19.3 Å². The van der Waals surface area contributed by atoms with E-state index in [2.05, 4.69) is 16.0 Å². The molecule has 0 radical (unpaired) electrons. The maximum Gasteiger partial charge on any atom is 0.186 e. The molecular formula is C14H18N2O2S. The summed E-state index contributed by atoms with van der Waals surface area (Å²) < 4.78 is 1.19. The van der Waals surface area contributed by atoms with Gasteiger partial charge in [-0.25, -0.2) is 4.98 Å². The number of hydrogen-bond donors (Lipinski definition) is 2. The first-order chi connectivity index (χ1) is 9.20. The second kappa shape index (κ2) is 5.07. The van der Waals surface area contributed by atoms with Gasteiger partial charge >= 0.3 is 0 Å². The van der Waals surface area contributed by atoms with Crippen molar-refractivity contribution in [1.82, 2.24) is 4.98 Å². The van der Waals surface area contributed by atoms with E-state index in [4.69, 9.17) is 0 Å². The van der Waals surface area contributed by atoms with Crippen molar-refractivity contribution in [2.75, 3.05) is 24.6 Å². The van der Waals surface area contributed by atoms with Gasteiger partial charge in [0.2, 0.25) is 0 Å². The number of rotatable bonds is 2. The lowest BCUT2D eigenvalue weighted by atomic mass is 9.96. The molecule has 2 aromatic rings. The number of aliphatic hydroxyl groups excluding tert-OH is 1. The summed E-state index contributed by atoms with van der Waals surface area (Å²) >= 11 is 1.69. The summed E-state index contributed by atoms with van der Waals surface area (Å²) in [6.07, 6.45) is 2.14. The van der Waals surface area contributed by atoms with E-state index in [1.807, 2.05) is 18.2 Å². The Morgan fingerprint density at radius 3 is 2.89 bits per heavy atom. The zero-order valence-electron chi connectivity index (χ0n) is 10.7. The number of thiazole rings is 1. The molecule has 0 aliphatic carbocycles. The molecular weight excluding hydrogens is 260 g/mol. The Bertz CT molecular complexity index is 538. The lowest BCUT2D eigenvalue weighted by molar-refractivity contribution is -0.0232. The standard InChI is InChI=1S/C14H18N2O2S/c17-10-14(18)6-3-8-16(9-7-14)13-15-11-4-1-2-5-12(11)19-13/h1-2,4-5,17-18H,3,6-10H2/t14-/m1/s1. The van der Waals surface area contributed by atoms with Crippen molar-refractivity contribution < 1.29 is 10.2 Å². The Labute approximate surface area is 116 Å². The largest absolute Gasteiger partial charge is 0.393 e. The predicted molar refractivity (Wildman–Crippen MR) is 77.7 cm³/mol. The van der Waals surface area contributed by atoms with Crippen molar-refractivity contribution >= 4 is 26.7 Å². The van der Waals surface area contributed by atoms with E-state index in [0.29, 0.717) is 12.8 Å². The van der Waals surface area contributed by atoms with Crippen LogP contribution < -0.4 is 4.90 Å². The molecule has 1 fully saturated rings. The van der Waals surface area contributed by atoms with Crippen LogP contribution in [0.2, 0.25) is 0 Å². The summed E-state index contributed by atoms with van der Waals surface area (Å²) in [7, 11) is 0. The molecule has 5 heteroatoms. The van der Waals surface area contributed by atoms with E-state index in [1.165, 1.54) is 4.70 Å². The molecule has 1 aromatic carbocycles. The van der Waals surface area contributed by atoms with Gasteiger partial charge in [0.25, 0.3) is 0 Å². The number of aromatic nitrogens is 1. The van der Waals surface area contributed by atoms with Crippen LogP contribution in [0.4, 0.5) is 5.13 Å². The van der Waals surface area contributed by atoms with Crippen LogP contribution in [-0.2, 0) is 0 Å². The van der Waals surface area contributed by atoms with Crippen LogP contribution in [0.25, 0.3) is 10.2 Å². The Morgan fingerprint density at radius 1 is 1.26 bits per heavy atom. The number of anilines is 1. The Balaban J connectivity index is 1.82. The van der Waals surface area contributed by atoms with Crippen molar-refractivity contribution in [3.05, 3.63) is 24.3 Å². The summed E-state index contributed by atoms with van der Waals surface area (Å²) in [5.41, 5.74) is 0.120. The Morgan fingerprint density at radius 2 is 2.11 bits per heavy atom. The van der Waals surface area contributed by atoms with Gasteiger partial charge < -0.3 is 15.1 Å². The molecule has 102 valence electrons. The summed E-state index contributed by atoms with van der Waals surface area (Å²) in [5, 5.41) is 20.5. The van der Waals surface area contributed by atoms with Gasteiger partial charge in [0.1, 0.15) is 0 Å². The molecule has 2 N–H and O–H groups in total. The minimum Gasteiger partial charge on any atom is -0.393 e. The van der Waals surface area contributed by atoms with Gasteiger partial charge in [-0.2, -0.15) is 0 Å². The molecule has 1 aliphatic heterocycles. The maximum atomic E-state index is 10.2. The fraction of sp³-hybridized carbons (Fsp3) is 0.500. The fourth-order valence-corrected chi connectivity index (χ4v) is 3.54. The van der Waals surface area contributed by atoms with Crippen molar-refractivity contribution in [2.45, 2.75) is 24.9 Å². The number of hydrogen-bond acceptors (Lipinski definition) is 5. The predicted octanol–water partition coefficient (Wildman–Crippen LogP) is 2.01. The smallest absolute Gasteiger partial charge is 0.186 e. The SMILES string of the molecule is OC[C@@]1(O)CCCN(c2nc3ccccc3s2)CC1. The zero-order chi connectivity index (χ0) is 13.3. The molecule has 3 rings (SSSR count). The van der Waals surface area contributed by atoms with Crippen LogP contribution in [0.3, 0.4) is 0 Å². The molecule has 1 atom stereocenters. The van der Waals surface area contributed by atoms with Crippen LogP contribution in [0, 0.1) is 0 Å². The summed E-state index contributed by atoms with van der Waals surface area (Å²) in [4.78, 5) is 6.87. The number of aliphatic hydroxyl groups is 2. The zero-order valence-corrected chi connectivity index (χ0v) is 11.6. The summed E-state index contributed by atoms with van der Waals surface area (Å²) in [6, 6.07) is 8.13. The van der Waals surface area contributed by atoms with E-state index >= 15 is 0 Å². The van der Waals surface area contributed by atoms with Crippen LogP contribution in [0.15, 0.2) is 24.3 Å². The van der Waals surface area contributed by atoms with E-state index in [9.17, 15) is 10.2 Å². The molecule has 0 amide bonds. The van der Waals surface area contributed by atoms with Crippen molar-refractivity contribution in [2.24, 2.45) is 0 Å². The second-order valence-corrected chi connectivity index (χ2v) is 6.20. The highest BCUT2D eigenvalue weighted by Crippen LogP contribution is 2.31. The molecule has 0 saturated carbocycles. The van der Waals surface area contributed by atoms with Gasteiger partial charge in [-0.1, -0.05) is 23.5 Å². The highest BCUT2D eigenvalue weighted by molar-refractivity contribution is 7.22. The molecule has 19 heavy (non-hydrogen) atoms. The monoisotopic (exact) mass is 278 g/mol. The molecule has 0 bridgehead atoms. The normalized spacial score (nSPS) is 24.6. The van der Waals surface area contributed by atoms with Gasteiger partial charge in [0.15, 0.2) is 5.13 Å². The van der Waals surface area contributed by atoms with Crippen molar-refractivity contribution in [1.29, 1.82) is 0 Å². The first-order valence-corrected chi connectivity index (χ1v) is 7.46. The third-order valence-corrected chi connectivity index (χ3v) is 4.86. The average molecular weight is 278 g/mol. The molecule has 4 nitrogen and oxygen atoms in total. The second-order valence-electron chi connectivity index (χ2n) is 5.19. The van der Waals surface area contributed by atoms with Crippen molar-refractivity contribution in [3.63, 3.8) is 0 Å². The van der Waals surface area contributed by atoms with Gasteiger partial charge in [0, 0.05) is 13.1 Å². The summed E-state index contributed by atoms with van der Waals surface area (Å²) in [6.45, 7) is 1.49. The number of nitrogens with zero attached hydrogens (tertiary/aromatic N) is 2. The molecule has 1 saturated heterocycles. The van der Waals surface area contributed by atoms with E-state index in [-0.39, 0.29) is 6.61 Å².